The van der Waals surface area contributed by atoms with E-state index in [9.17, 15) is 14.7 Å². The lowest BCUT2D eigenvalue weighted by atomic mass is 10.2. The molecule has 0 radical (unpaired) electrons. The number of fused-ring (bicyclic) bond motifs is 1. The number of benzene rings is 2. The summed E-state index contributed by atoms with van der Waals surface area (Å²) in [4.78, 5) is 31.2. The molecular weight excluding hydrogens is 492 g/mol. The van der Waals surface area contributed by atoms with E-state index in [-0.39, 0.29) is 30.3 Å². The summed E-state index contributed by atoms with van der Waals surface area (Å²) in [6, 6.07) is 16.6. The largest absolute Gasteiger partial charge is 0.491 e. The zero-order valence-corrected chi connectivity index (χ0v) is 19.2. The molecule has 0 spiro atoms. The molecule has 2 heterocycles. The van der Waals surface area contributed by atoms with Gasteiger partial charge in [0.2, 0.25) is 5.95 Å². The highest BCUT2D eigenvalue weighted by molar-refractivity contribution is 9.10. The first-order valence-electron chi connectivity index (χ1n) is 10.0. The first-order valence-corrected chi connectivity index (χ1v) is 10.8. The summed E-state index contributed by atoms with van der Waals surface area (Å²) >= 11 is 3.38. The molecule has 170 valence electrons. The molecule has 4 aromatic rings. The van der Waals surface area contributed by atoms with Crippen molar-refractivity contribution in [3.05, 3.63) is 85.5 Å². The van der Waals surface area contributed by atoms with Crippen LogP contribution in [0.3, 0.4) is 0 Å². The minimum atomic E-state index is -0.963. The summed E-state index contributed by atoms with van der Waals surface area (Å²) in [5.41, 5.74) is 2.76. The number of aliphatic hydroxyl groups is 1. The number of hydrogen-bond acceptors (Lipinski definition) is 7. The van der Waals surface area contributed by atoms with E-state index in [2.05, 4.69) is 36.4 Å². The van der Waals surface area contributed by atoms with Crippen LogP contribution >= 0.6 is 15.9 Å². The van der Waals surface area contributed by atoms with Gasteiger partial charge in [-0.15, -0.1) is 0 Å². The molecule has 0 aliphatic carbocycles. The van der Waals surface area contributed by atoms with Crippen LogP contribution in [0.5, 0.6) is 5.75 Å². The lowest BCUT2D eigenvalue weighted by molar-refractivity contribution is 0.0938. The van der Waals surface area contributed by atoms with Crippen LogP contribution in [0.1, 0.15) is 5.56 Å². The van der Waals surface area contributed by atoms with E-state index in [1.165, 1.54) is 16.2 Å². The van der Waals surface area contributed by atoms with Crippen LogP contribution in [0.25, 0.3) is 11.2 Å². The number of H-pyrrole nitrogens is 1. The number of anilines is 1. The maximum absolute atomic E-state index is 12.6. The number of ether oxygens (including phenoxy) is 1. The molecule has 2 aromatic carbocycles. The van der Waals surface area contributed by atoms with Crippen molar-refractivity contribution in [1.29, 1.82) is 0 Å². The Morgan fingerprint density at radius 3 is 2.67 bits per heavy atom. The molecule has 10 nitrogen and oxygen atoms in total. The smallest absolute Gasteiger partial charge is 0.329 e. The third-order valence-electron chi connectivity index (χ3n) is 4.83. The Morgan fingerprint density at radius 2 is 1.94 bits per heavy atom. The fourth-order valence-electron chi connectivity index (χ4n) is 3.18. The maximum Gasteiger partial charge on any atom is 0.329 e. The minimum absolute atomic E-state index is 0.00500. The third-order valence-corrected chi connectivity index (χ3v) is 5.36. The molecule has 3 N–H and O–H groups in total. The van der Waals surface area contributed by atoms with Crippen LogP contribution in [0, 0.1) is 0 Å². The van der Waals surface area contributed by atoms with E-state index in [1.54, 1.807) is 18.3 Å². The monoisotopic (exact) mass is 512 g/mol. The molecule has 0 unspecified atom stereocenters. The number of aromatic amines is 1. The van der Waals surface area contributed by atoms with Gasteiger partial charge < -0.3 is 14.4 Å². The summed E-state index contributed by atoms with van der Waals surface area (Å²) < 4.78 is 9.26. The predicted octanol–water partition coefficient (Wildman–Crippen LogP) is 2.07. The summed E-state index contributed by atoms with van der Waals surface area (Å²) in [5, 5.41) is 14.8. The number of hydrogen-bond donors (Lipinski definition) is 3. The molecule has 0 aliphatic heterocycles. The molecule has 11 heteroatoms. The number of rotatable bonds is 8. The lowest BCUT2D eigenvalue weighted by Crippen LogP contribution is -2.30. The molecular formula is C22H21BrN6O4. The fraction of sp³-hybridized carbons (Fsp3) is 0.182. The number of nitrogens with one attached hydrogen (secondary N) is 2. The number of aryl methyl sites for hydroxylation is 1. The van der Waals surface area contributed by atoms with Gasteiger partial charge in [-0.05, 0) is 29.8 Å². The number of hydrazone groups is 1. The molecule has 0 saturated heterocycles. The molecule has 2 aromatic heterocycles. The van der Waals surface area contributed by atoms with Crippen LogP contribution in [0.2, 0.25) is 0 Å². The Labute approximate surface area is 196 Å². The maximum atomic E-state index is 12.6. The van der Waals surface area contributed by atoms with Crippen LogP contribution in [-0.2, 0) is 13.6 Å². The Kier molecular flexibility index (Phi) is 6.71. The Bertz CT molecular complexity index is 1390. The minimum Gasteiger partial charge on any atom is -0.491 e. The van der Waals surface area contributed by atoms with Crippen molar-refractivity contribution < 1.29 is 9.84 Å². The first-order chi connectivity index (χ1) is 15.9. The van der Waals surface area contributed by atoms with Crippen molar-refractivity contribution in [2.24, 2.45) is 12.1 Å². The van der Waals surface area contributed by atoms with Gasteiger partial charge in [0.05, 0.1) is 12.8 Å². The molecule has 0 saturated carbocycles. The second kappa shape index (κ2) is 9.84. The Morgan fingerprint density at radius 1 is 1.21 bits per heavy atom. The second-order valence-corrected chi connectivity index (χ2v) is 8.15. The van der Waals surface area contributed by atoms with Crippen molar-refractivity contribution in [1.82, 2.24) is 19.1 Å². The standard InChI is InChI=1S/C22H21BrN6O4/c1-28-19-18(20(31)26-22(28)32)29(12-16(30)13-33-17-5-3-2-4-6-17)21(25-19)27-24-11-14-7-9-15(23)10-8-14/h2-11,16,30H,12-13H2,1H3,(H,25,27)(H,26,31,32)/b24-11+/t16-/m0/s1. The quantitative estimate of drug-likeness (QED) is 0.245. The van der Waals surface area contributed by atoms with Crippen molar-refractivity contribution in [2.75, 3.05) is 12.0 Å². The lowest BCUT2D eigenvalue weighted by Gasteiger charge is -2.15. The molecule has 0 amide bonds. The van der Waals surface area contributed by atoms with Crippen LogP contribution in [0.15, 0.2) is 73.8 Å². The van der Waals surface area contributed by atoms with Gasteiger partial charge in [-0.3, -0.25) is 14.3 Å². The van der Waals surface area contributed by atoms with Crippen molar-refractivity contribution >= 4 is 39.3 Å². The summed E-state index contributed by atoms with van der Waals surface area (Å²) in [7, 11) is 1.50. The van der Waals surface area contributed by atoms with E-state index in [4.69, 9.17) is 4.74 Å². The van der Waals surface area contributed by atoms with Gasteiger partial charge in [-0.1, -0.05) is 46.3 Å². The zero-order valence-electron chi connectivity index (χ0n) is 17.6. The number of para-hydroxylation sites is 1. The normalized spacial score (nSPS) is 12.3. The van der Waals surface area contributed by atoms with E-state index in [0.717, 1.165) is 10.0 Å². The van der Waals surface area contributed by atoms with Crippen molar-refractivity contribution in [3.63, 3.8) is 0 Å². The van der Waals surface area contributed by atoms with Gasteiger partial charge >= 0.3 is 5.69 Å². The summed E-state index contributed by atoms with van der Waals surface area (Å²) in [6.07, 6.45) is 0.629. The van der Waals surface area contributed by atoms with Crippen LogP contribution < -0.4 is 21.4 Å². The van der Waals surface area contributed by atoms with Crippen molar-refractivity contribution in [3.8, 4) is 5.75 Å². The Hall–Kier alpha value is -3.70. The van der Waals surface area contributed by atoms with Gasteiger partial charge in [-0.25, -0.2) is 10.2 Å². The molecule has 4 rings (SSSR count). The summed E-state index contributed by atoms with van der Waals surface area (Å²) in [6.45, 7) is -0.0181. The topological polar surface area (TPSA) is 127 Å². The molecule has 1 atom stereocenters. The van der Waals surface area contributed by atoms with Crippen molar-refractivity contribution in [2.45, 2.75) is 12.6 Å². The number of aromatic nitrogens is 4. The number of halogens is 1. The second-order valence-electron chi connectivity index (χ2n) is 7.24. The number of nitrogens with zero attached hydrogens (tertiary/aromatic N) is 4. The third kappa shape index (κ3) is 5.21. The van der Waals surface area contributed by atoms with E-state index < -0.39 is 17.4 Å². The molecule has 0 bridgehead atoms. The average Bonchev–Trinajstić information content (AvgIpc) is 3.17. The van der Waals surface area contributed by atoms with Crippen LogP contribution in [0.4, 0.5) is 5.95 Å². The van der Waals surface area contributed by atoms with E-state index in [1.807, 2.05) is 42.5 Å². The first kappa shape index (κ1) is 22.5. The highest BCUT2D eigenvalue weighted by Crippen LogP contribution is 2.17. The molecule has 0 fully saturated rings. The Balaban J connectivity index is 1.62. The van der Waals surface area contributed by atoms with Gasteiger partial charge in [0, 0.05) is 11.5 Å². The fourth-order valence-corrected chi connectivity index (χ4v) is 3.45. The summed E-state index contributed by atoms with van der Waals surface area (Å²) in [5.74, 6) is 0.813. The number of imidazole rings is 1. The SMILES string of the molecule is Cn1c(=O)[nH]c(=O)c2c1nc(N/N=C/c1ccc(Br)cc1)n2C[C@H](O)COc1ccccc1. The predicted molar refractivity (Wildman–Crippen MR) is 129 cm³/mol. The van der Waals surface area contributed by atoms with Crippen LogP contribution in [-0.4, -0.2) is 43.1 Å². The molecule has 33 heavy (non-hydrogen) atoms. The van der Waals surface area contributed by atoms with Gasteiger partial charge in [0.15, 0.2) is 11.2 Å². The molecule has 0 aliphatic rings. The average molecular weight is 513 g/mol. The number of aliphatic hydroxyl groups excluding tert-OH is 1. The van der Waals surface area contributed by atoms with Gasteiger partial charge in [0.25, 0.3) is 5.56 Å². The van der Waals surface area contributed by atoms with E-state index in [0.29, 0.717) is 5.75 Å². The highest BCUT2D eigenvalue weighted by atomic mass is 79.9. The van der Waals surface area contributed by atoms with Gasteiger partial charge in [0.1, 0.15) is 18.5 Å². The van der Waals surface area contributed by atoms with Gasteiger partial charge in [-0.2, -0.15) is 10.1 Å². The zero-order chi connectivity index (χ0) is 23.4. The van der Waals surface area contributed by atoms with E-state index >= 15 is 0 Å². The highest BCUT2D eigenvalue weighted by Gasteiger charge is 2.19.